The fourth-order valence-electron chi connectivity index (χ4n) is 3.83. The Labute approximate surface area is 235 Å². The minimum Gasteiger partial charge on any atom is -0.480 e. The number of sulfonamides is 1. The molecule has 1 aliphatic rings. The monoisotopic (exact) mass is 599 g/mol. The Morgan fingerprint density at radius 2 is 1.76 bits per heavy atom. The Hall–Kier alpha value is -2.57. The smallest absolute Gasteiger partial charge is 0.327 e. The molecule has 2 amide bonds. The normalized spacial score (nSPS) is 15.4. The summed E-state index contributed by atoms with van der Waals surface area (Å²) in [6.45, 7) is 0.101. The Morgan fingerprint density at radius 3 is 2.37 bits per heavy atom. The molecule has 1 saturated heterocycles. The minimum absolute atomic E-state index is 0.0103. The van der Waals surface area contributed by atoms with E-state index in [1.807, 2.05) is 12.3 Å². The molecule has 1 unspecified atom stereocenters. The van der Waals surface area contributed by atoms with Gasteiger partial charge in [-0.05, 0) is 48.9 Å². The summed E-state index contributed by atoms with van der Waals surface area (Å²) in [4.78, 5) is 39.4. The number of thioether (sulfide) groups is 1. The fourth-order valence-corrected chi connectivity index (χ4v) is 6.07. The summed E-state index contributed by atoms with van der Waals surface area (Å²) in [7, 11) is -3.93. The Balaban J connectivity index is 1.52. The number of carboxylic acid groups (broad SMARTS) is 1. The van der Waals surface area contributed by atoms with Crippen molar-refractivity contribution in [2.75, 3.05) is 25.9 Å². The lowest BCUT2D eigenvalue weighted by Gasteiger charge is -2.31. The topological polar surface area (TPSA) is 133 Å². The number of carboxylic acids is 1. The second kappa shape index (κ2) is 13.5. The average molecular weight is 601 g/mol. The summed E-state index contributed by atoms with van der Waals surface area (Å²) in [5, 5.41) is 12.7. The molecule has 204 valence electrons. The highest BCUT2D eigenvalue weighted by atomic mass is 35.5. The number of carbonyl (C=O) groups is 3. The van der Waals surface area contributed by atoms with Crippen molar-refractivity contribution in [1.29, 1.82) is 0 Å². The van der Waals surface area contributed by atoms with E-state index in [9.17, 15) is 27.9 Å². The van der Waals surface area contributed by atoms with Crippen LogP contribution in [0, 0.1) is 5.92 Å². The maximum atomic E-state index is 12.7. The zero-order valence-electron chi connectivity index (χ0n) is 20.4. The number of amides is 2. The molecule has 0 bridgehead atoms. The number of hydrogen-bond acceptors (Lipinski definition) is 6. The van der Waals surface area contributed by atoms with E-state index < -0.39 is 40.4 Å². The molecule has 3 rings (SSSR count). The first-order chi connectivity index (χ1) is 18.0. The third-order valence-corrected chi connectivity index (χ3v) is 9.25. The molecule has 2 aromatic carbocycles. The predicted molar refractivity (Wildman–Crippen MR) is 148 cm³/mol. The number of likely N-dealkylation sites (tertiary alicyclic amines) is 1. The highest BCUT2D eigenvalue weighted by Gasteiger charge is 2.30. The number of carbonyl (C=O) groups excluding carboxylic acids is 2. The van der Waals surface area contributed by atoms with Gasteiger partial charge in [-0.1, -0.05) is 47.5 Å². The van der Waals surface area contributed by atoms with Crippen LogP contribution in [0.1, 0.15) is 18.4 Å². The molecule has 0 aliphatic carbocycles. The number of benzene rings is 2. The molecule has 3 N–H and O–H groups in total. The molecule has 0 spiro atoms. The van der Waals surface area contributed by atoms with Crippen LogP contribution in [0.3, 0.4) is 0 Å². The van der Waals surface area contributed by atoms with E-state index in [0.717, 1.165) is 4.90 Å². The van der Waals surface area contributed by atoms with Gasteiger partial charge < -0.3 is 15.3 Å². The first-order valence-electron chi connectivity index (χ1n) is 11.6. The van der Waals surface area contributed by atoms with Crippen LogP contribution in [0.25, 0.3) is 6.08 Å². The summed E-state index contributed by atoms with van der Waals surface area (Å²) in [6, 6.07) is 9.67. The lowest BCUT2D eigenvalue weighted by molar-refractivity contribution is -0.142. The van der Waals surface area contributed by atoms with Crippen molar-refractivity contribution in [3.8, 4) is 0 Å². The van der Waals surface area contributed by atoms with Gasteiger partial charge in [-0.2, -0.15) is 0 Å². The third-order valence-electron chi connectivity index (χ3n) is 6.03. The summed E-state index contributed by atoms with van der Waals surface area (Å²) in [5.41, 5.74) is 0.611. The highest BCUT2D eigenvalue weighted by Crippen LogP contribution is 2.35. The summed E-state index contributed by atoms with van der Waals surface area (Å²) in [6.07, 6.45) is 5.55. The summed E-state index contributed by atoms with van der Waals surface area (Å²) < 4.78 is 27.0. The molecule has 0 radical (unpaired) electrons. The molecular weight excluding hydrogens is 573 g/mol. The average Bonchev–Trinajstić information content (AvgIpc) is 2.92. The standard InChI is InChI=1S/C25H27Cl2N3O6S2/c1-37-20-9-7-16(22(26)23(20)27)8-10-21(31)30-13-11-17(12-14-30)24(32)29-19(25(33)34)15-28-38(35,36)18-5-3-2-4-6-18/h2-10,17,19,28H,11-15H2,1H3,(H,29,32)(H,33,34). The van der Waals surface area contributed by atoms with Crippen molar-refractivity contribution in [3.63, 3.8) is 0 Å². The van der Waals surface area contributed by atoms with Crippen molar-refractivity contribution < 1.29 is 27.9 Å². The molecule has 13 heteroatoms. The number of nitrogens with one attached hydrogen (secondary N) is 2. The number of piperidine rings is 1. The lowest BCUT2D eigenvalue weighted by Crippen LogP contribution is -2.51. The molecule has 2 aromatic rings. The molecule has 0 aromatic heterocycles. The van der Waals surface area contributed by atoms with Gasteiger partial charge in [-0.25, -0.2) is 17.9 Å². The fraction of sp³-hybridized carbons (Fsp3) is 0.320. The number of hydrogen-bond donors (Lipinski definition) is 3. The zero-order chi connectivity index (χ0) is 27.9. The van der Waals surface area contributed by atoms with Crippen LogP contribution < -0.4 is 10.0 Å². The maximum Gasteiger partial charge on any atom is 0.327 e. The van der Waals surface area contributed by atoms with Gasteiger partial charge in [0.25, 0.3) is 0 Å². The van der Waals surface area contributed by atoms with E-state index >= 15 is 0 Å². The number of rotatable bonds is 10. The molecular formula is C25H27Cl2N3O6S2. The first kappa shape index (κ1) is 30.0. The predicted octanol–water partition coefficient (Wildman–Crippen LogP) is 3.52. The highest BCUT2D eigenvalue weighted by molar-refractivity contribution is 7.98. The van der Waals surface area contributed by atoms with Crippen LogP contribution in [0.15, 0.2) is 58.3 Å². The maximum absolute atomic E-state index is 12.7. The van der Waals surface area contributed by atoms with Crippen molar-refractivity contribution in [3.05, 3.63) is 64.1 Å². The van der Waals surface area contributed by atoms with E-state index in [1.54, 1.807) is 35.2 Å². The van der Waals surface area contributed by atoms with Crippen LogP contribution >= 0.6 is 35.0 Å². The molecule has 9 nitrogen and oxygen atoms in total. The lowest BCUT2D eigenvalue weighted by atomic mass is 9.95. The summed E-state index contributed by atoms with van der Waals surface area (Å²) in [5.74, 6) is -2.63. The van der Waals surface area contributed by atoms with Crippen molar-refractivity contribution in [2.45, 2.75) is 28.7 Å². The Bertz CT molecular complexity index is 1310. The van der Waals surface area contributed by atoms with E-state index in [-0.39, 0.29) is 10.8 Å². The minimum atomic E-state index is -3.93. The molecule has 1 heterocycles. The SMILES string of the molecule is CSc1ccc(C=CC(=O)N2CCC(C(=O)NC(CNS(=O)(=O)c3ccccc3)C(=O)O)CC2)c(Cl)c1Cl. The summed E-state index contributed by atoms with van der Waals surface area (Å²) >= 11 is 14.0. The number of nitrogens with zero attached hydrogens (tertiary/aromatic N) is 1. The largest absolute Gasteiger partial charge is 0.480 e. The van der Waals surface area contributed by atoms with Crippen molar-refractivity contribution >= 4 is 68.8 Å². The second-order valence-electron chi connectivity index (χ2n) is 8.48. The Morgan fingerprint density at radius 1 is 1.11 bits per heavy atom. The van der Waals surface area contributed by atoms with Gasteiger partial charge >= 0.3 is 5.97 Å². The van der Waals surface area contributed by atoms with Gasteiger partial charge in [-0.3, -0.25) is 9.59 Å². The van der Waals surface area contributed by atoms with Crippen LogP contribution in [0.4, 0.5) is 0 Å². The molecule has 1 aliphatic heterocycles. The number of halogens is 2. The van der Waals surface area contributed by atoms with Crippen molar-refractivity contribution in [1.82, 2.24) is 14.9 Å². The van der Waals surface area contributed by atoms with Crippen molar-refractivity contribution in [2.24, 2.45) is 5.92 Å². The van der Waals surface area contributed by atoms with E-state index in [1.165, 1.54) is 30.0 Å². The van der Waals surface area contributed by atoms with Gasteiger partial charge in [-0.15, -0.1) is 11.8 Å². The van der Waals surface area contributed by atoms with Crippen LogP contribution in [0.5, 0.6) is 0 Å². The van der Waals surface area contributed by atoms with Gasteiger partial charge in [0, 0.05) is 36.5 Å². The quantitative estimate of drug-likeness (QED) is 0.281. The van der Waals surface area contributed by atoms with Gasteiger partial charge in [0.05, 0.1) is 14.9 Å². The second-order valence-corrected chi connectivity index (χ2v) is 11.9. The molecule has 0 saturated carbocycles. The molecule has 38 heavy (non-hydrogen) atoms. The van der Waals surface area contributed by atoms with Crippen LogP contribution in [0.2, 0.25) is 10.0 Å². The van der Waals surface area contributed by atoms with E-state index in [0.29, 0.717) is 41.5 Å². The van der Waals surface area contributed by atoms with Crippen LogP contribution in [-0.2, 0) is 24.4 Å². The van der Waals surface area contributed by atoms with Gasteiger partial charge in [0.15, 0.2) is 0 Å². The first-order valence-corrected chi connectivity index (χ1v) is 15.1. The van der Waals surface area contributed by atoms with Gasteiger partial charge in [0.1, 0.15) is 6.04 Å². The Kier molecular flexibility index (Phi) is 10.6. The molecule has 1 fully saturated rings. The van der Waals surface area contributed by atoms with E-state index in [2.05, 4.69) is 10.0 Å². The third kappa shape index (κ3) is 7.73. The van der Waals surface area contributed by atoms with Gasteiger partial charge in [0.2, 0.25) is 21.8 Å². The van der Waals surface area contributed by atoms with Crippen LogP contribution in [-0.4, -0.2) is 68.1 Å². The number of aliphatic carboxylic acids is 1. The zero-order valence-corrected chi connectivity index (χ0v) is 23.5. The van der Waals surface area contributed by atoms with E-state index in [4.69, 9.17) is 23.2 Å². The molecule has 1 atom stereocenters.